The molecule has 0 bridgehead atoms. The van der Waals surface area contributed by atoms with Crippen LogP contribution in [-0.2, 0) is 4.79 Å². The molecule has 0 radical (unpaired) electrons. The van der Waals surface area contributed by atoms with Crippen molar-refractivity contribution in [3.63, 3.8) is 0 Å². The number of anilines is 1. The number of ether oxygens (including phenoxy) is 2. The van der Waals surface area contributed by atoms with Gasteiger partial charge in [-0.05, 0) is 42.0 Å². The van der Waals surface area contributed by atoms with Crippen LogP contribution in [0.15, 0.2) is 48.7 Å². The second-order valence-corrected chi connectivity index (χ2v) is 6.87. The summed E-state index contributed by atoms with van der Waals surface area (Å²) in [6, 6.07) is 11.1. The van der Waals surface area contributed by atoms with Gasteiger partial charge in [0.05, 0.1) is 11.4 Å². The fraction of sp³-hybridized carbons (Fsp3) is 0.143. The zero-order valence-corrected chi connectivity index (χ0v) is 15.0. The molecule has 0 saturated carbocycles. The largest absolute Gasteiger partial charge is 0.478 e. The standard InChI is InChI=1S/C21H15FN2O5/c22-12-2-4-13(5-3-12)24-9-15(21(26)27)19-20(24)14(8-18(25)23-19)11-1-6-16-17(7-11)29-10-28-16/h1-7,9,14H,8,10H2,(H,23,25)(H,26,27)/t14-/m0/s1. The van der Waals surface area contributed by atoms with E-state index in [-0.39, 0.29) is 30.4 Å². The van der Waals surface area contributed by atoms with Gasteiger partial charge in [0, 0.05) is 24.2 Å². The van der Waals surface area contributed by atoms with Crippen LogP contribution in [-0.4, -0.2) is 28.3 Å². The molecule has 1 amide bonds. The number of carbonyl (C=O) groups excluding carboxylic acids is 1. The number of carboxylic acid groups (broad SMARTS) is 1. The molecule has 3 heterocycles. The smallest absolute Gasteiger partial charge is 0.339 e. The van der Waals surface area contributed by atoms with E-state index in [0.717, 1.165) is 5.56 Å². The lowest BCUT2D eigenvalue weighted by Crippen LogP contribution is -2.25. The normalized spacial score (nSPS) is 17.0. The Labute approximate surface area is 164 Å². The second-order valence-electron chi connectivity index (χ2n) is 6.87. The van der Waals surface area contributed by atoms with Crippen molar-refractivity contribution in [2.24, 2.45) is 0 Å². The topological polar surface area (TPSA) is 89.8 Å². The zero-order chi connectivity index (χ0) is 20.1. The SMILES string of the molecule is O=C1C[C@@H](c2ccc3c(c2)OCO3)c2c(c(C(=O)O)cn2-c2ccc(F)cc2)N1. The lowest BCUT2D eigenvalue weighted by molar-refractivity contribution is -0.116. The molecule has 0 spiro atoms. The number of nitrogens with zero attached hydrogens (tertiary/aromatic N) is 1. The Bertz CT molecular complexity index is 1150. The van der Waals surface area contributed by atoms with E-state index in [1.807, 2.05) is 6.07 Å². The van der Waals surface area contributed by atoms with Gasteiger partial charge in [0.2, 0.25) is 12.7 Å². The summed E-state index contributed by atoms with van der Waals surface area (Å²) in [5.41, 5.74) is 2.23. The Morgan fingerprint density at radius 3 is 2.66 bits per heavy atom. The first-order chi connectivity index (χ1) is 14.0. The molecule has 2 aromatic carbocycles. The Hall–Kier alpha value is -3.81. The van der Waals surface area contributed by atoms with Gasteiger partial charge >= 0.3 is 5.97 Å². The van der Waals surface area contributed by atoms with Crippen LogP contribution in [0.2, 0.25) is 0 Å². The maximum absolute atomic E-state index is 13.4. The maximum Gasteiger partial charge on any atom is 0.339 e. The number of hydrogen-bond acceptors (Lipinski definition) is 4. The molecule has 146 valence electrons. The van der Waals surface area contributed by atoms with Crippen molar-refractivity contribution in [1.82, 2.24) is 4.57 Å². The molecule has 0 saturated heterocycles. The summed E-state index contributed by atoms with van der Waals surface area (Å²) in [4.78, 5) is 24.2. The number of benzene rings is 2. The van der Waals surface area contributed by atoms with Gasteiger partial charge in [0.1, 0.15) is 11.4 Å². The van der Waals surface area contributed by atoms with Crippen molar-refractivity contribution in [2.45, 2.75) is 12.3 Å². The summed E-state index contributed by atoms with van der Waals surface area (Å²) in [5, 5.41) is 12.3. The van der Waals surface area contributed by atoms with Gasteiger partial charge in [-0.25, -0.2) is 9.18 Å². The Morgan fingerprint density at radius 1 is 1.14 bits per heavy atom. The molecule has 1 atom stereocenters. The summed E-state index contributed by atoms with van der Waals surface area (Å²) in [7, 11) is 0. The lowest BCUT2D eigenvalue weighted by Gasteiger charge is -2.26. The average Bonchev–Trinajstić information content (AvgIpc) is 3.32. The highest BCUT2D eigenvalue weighted by Crippen LogP contribution is 2.44. The Kier molecular flexibility index (Phi) is 3.80. The van der Waals surface area contributed by atoms with Crippen molar-refractivity contribution in [2.75, 3.05) is 12.1 Å². The van der Waals surface area contributed by atoms with Crippen LogP contribution < -0.4 is 14.8 Å². The van der Waals surface area contributed by atoms with Crippen molar-refractivity contribution in [3.05, 3.63) is 71.3 Å². The van der Waals surface area contributed by atoms with Crippen LogP contribution in [0.3, 0.4) is 0 Å². The van der Waals surface area contributed by atoms with Gasteiger partial charge in [-0.15, -0.1) is 0 Å². The van der Waals surface area contributed by atoms with Gasteiger partial charge in [-0.1, -0.05) is 6.07 Å². The lowest BCUT2D eigenvalue weighted by atomic mass is 9.88. The molecule has 29 heavy (non-hydrogen) atoms. The zero-order valence-electron chi connectivity index (χ0n) is 15.0. The van der Waals surface area contributed by atoms with Gasteiger partial charge in [-0.2, -0.15) is 0 Å². The van der Waals surface area contributed by atoms with Crippen molar-refractivity contribution < 1.29 is 28.6 Å². The predicted octanol–water partition coefficient (Wildman–Crippen LogP) is 3.52. The molecule has 2 aliphatic rings. The number of aromatic nitrogens is 1. The molecule has 8 heteroatoms. The molecule has 0 aliphatic carbocycles. The van der Waals surface area contributed by atoms with Gasteiger partial charge in [0.25, 0.3) is 0 Å². The van der Waals surface area contributed by atoms with Crippen molar-refractivity contribution in [1.29, 1.82) is 0 Å². The van der Waals surface area contributed by atoms with E-state index in [2.05, 4.69) is 5.32 Å². The van der Waals surface area contributed by atoms with Crippen LogP contribution in [0.4, 0.5) is 10.1 Å². The minimum Gasteiger partial charge on any atom is -0.478 e. The molecule has 2 N–H and O–H groups in total. The molecule has 5 rings (SSSR count). The number of carboxylic acids is 1. The third-order valence-corrected chi connectivity index (χ3v) is 5.16. The minimum atomic E-state index is -1.16. The van der Waals surface area contributed by atoms with E-state index in [1.165, 1.54) is 18.3 Å². The number of amides is 1. The second kappa shape index (κ2) is 6.37. The summed E-state index contributed by atoms with van der Waals surface area (Å²) >= 11 is 0. The molecule has 2 aliphatic heterocycles. The fourth-order valence-corrected chi connectivity index (χ4v) is 3.85. The number of carbonyl (C=O) groups is 2. The third-order valence-electron chi connectivity index (χ3n) is 5.16. The van der Waals surface area contributed by atoms with Crippen LogP contribution in [0, 0.1) is 5.82 Å². The fourth-order valence-electron chi connectivity index (χ4n) is 3.85. The highest BCUT2D eigenvalue weighted by Gasteiger charge is 2.35. The summed E-state index contributed by atoms with van der Waals surface area (Å²) in [6.07, 6.45) is 1.59. The molecule has 1 aromatic heterocycles. The monoisotopic (exact) mass is 394 g/mol. The number of hydrogen-bond donors (Lipinski definition) is 2. The minimum absolute atomic E-state index is 0.0249. The van der Waals surface area contributed by atoms with E-state index < -0.39 is 17.7 Å². The summed E-state index contributed by atoms with van der Waals surface area (Å²) in [6.45, 7) is 0.129. The molecule has 3 aromatic rings. The molecular formula is C21H15FN2O5. The van der Waals surface area contributed by atoms with E-state index in [9.17, 15) is 19.1 Å². The van der Waals surface area contributed by atoms with Crippen LogP contribution in [0.25, 0.3) is 5.69 Å². The maximum atomic E-state index is 13.4. The molecule has 7 nitrogen and oxygen atoms in total. The third kappa shape index (κ3) is 2.80. The Morgan fingerprint density at radius 2 is 1.90 bits per heavy atom. The quantitative estimate of drug-likeness (QED) is 0.710. The molecule has 0 fully saturated rings. The van der Waals surface area contributed by atoms with Crippen LogP contribution in [0.5, 0.6) is 11.5 Å². The average molecular weight is 394 g/mol. The highest BCUT2D eigenvalue weighted by molar-refractivity contribution is 6.04. The van der Waals surface area contributed by atoms with E-state index in [4.69, 9.17) is 9.47 Å². The van der Waals surface area contributed by atoms with Gasteiger partial charge in [0.15, 0.2) is 11.5 Å². The number of rotatable bonds is 3. The first kappa shape index (κ1) is 17.3. The van der Waals surface area contributed by atoms with E-state index >= 15 is 0 Å². The number of nitrogens with one attached hydrogen (secondary N) is 1. The summed E-state index contributed by atoms with van der Waals surface area (Å²) in [5.74, 6) is -1.05. The number of fused-ring (bicyclic) bond motifs is 2. The first-order valence-corrected chi connectivity index (χ1v) is 8.95. The first-order valence-electron chi connectivity index (χ1n) is 8.95. The molecular weight excluding hydrogens is 379 g/mol. The number of halogens is 1. The van der Waals surface area contributed by atoms with Crippen molar-refractivity contribution >= 4 is 17.6 Å². The molecule has 0 unspecified atom stereocenters. The number of aromatic carboxylic acids is 1. The predicted molar refractivity (Wildman–Crippen MR) is 100 cm³/mol. The van der Waals surface area contributed by atoms with Gasteiger partial charge in [-0.3, -0.25) is 4.79 Å². The van der Waals surface area contributed by atoms with Gasteiger partial charge < -0.3 is 24.5 Å². The van der Waals surface area contributed by atoms with E-state index in [0.29, 0.717) is 22.9 Å². The van der Waals surface area contributed by atoms with E-state index in [1.54, 1.807) is 28.8 Å². The highest BCUT2D eigenvalue weighted by atomic mass is 19.1. The Balaban J connectivity index is 1.72. The van der Waals surface area contributed by atoms with Crippen LogP contribution >= 0.6 is 0 Å². The summed E-state index contributed by atoms with van der Waals surface area (Å²) < 4.78 is 25.9. The van der Waals surface area contributed by atoms with Crippen molar-refractivity contribution in [3.8, 4) is 17.2 Å². The van der Waals surface area contributed by atoms with Crippen LogP contribution in [0.1, 0.15) is 34.0 Å².